The summed E-state index contributed by atoms with van der Waals surface area (Å²) >= 11 is 0. The molecule has 2 atom stereocenters. The van der Waals surface area contributed by atoms with Crippen LogP contribution in [0.2, 0.25) is 0 Å². The molecule has 44 heavy (non-hydrogen) atoms. The van der Waals surface area contributed by atoms with Crippen molar-refractivity contribution in [3.05, 3.63) is 83.9 Å². The Labute approximate surface area is 253 Å². The number of nitrogens with one attached hydrogen (secondary N) is 1. The van der Waals surface area contributed by atoms with Crippen LogP contribution >= 0.6 is 0 Å². The summed E-state index contributed by atoms with van der Waals surface area (Å²) < 4.78 is 43.8. The van der Waals surface area contributed by atoms with Crippen LogP contribution in [0.3, 0.4) is 0 Å². The summed E-state index contributed by atoms with van der Waals surface area (Å²) in [5.41, 5.74) is 2.18. The third-order valence-corrected chi connectivity index (χ3v) is 8.34. The minimum atomic E-state index is -4.44. The lowest BCUT2D eigenvalue weighted by Crippen LogP contribution is -2.43. The highest BCUT2D eigenvalue weighted by Gasteiger charge is 2.40. The van der Waals surface area contributed by atoms with Gasteiger partial charge in [0.05, 0.1) is 18.8 Å². The van der Waals surface area contributed by atoms with Crippen molar-refractivity contribution in [3.8, 4) is 11.1 Å². The highest BCUT2D eigenvalue weighted by Crippen LogP contribution is 2.33. The number of carbonyl (C=O) groups excluding carboxylic acids is 3. The Balaban J connectivity index is 1.16. The van der Waals surface area contributed by atoms with Gasteiger partial charge in [-0.05, 0) is 72.4 Å². The number of esters is 1. The third kappa shape index (κ3) is 7.05. The first-order chi connectivity index (χ1) is 21.0. The standard InChI is InChI=1S/C33H34F3N3O5/c1-44-32(43)29-19-26(40)20-39(29)30(41)18-21-14-16-38(17-15-21)25-12-10-24(11-13-25)37-31(42)28-5-3-2-4-27(28)22-6-8-23(9-7-22)33(34,35)36/h2-13,21,26,29,40H,14-20H2,1H3,(H,37,42)/t26-,29?/m1/s1. The van der Waals surface area contributed by atoms with Gasteiger partial charge in [0.2, 0.25) is 5.91 Å². The normalized spacial score (nSPS) is 19.1. The van der Waals surface area contributed by atoms with Crippen LogP contribution in [0.15, 0.2) is 72.8 Å². The first-order valence-corrected chi connectivity index (χ1v) is 14.5. The molecule has 0 bridgehead atoms. The van der Waals surface area contributed by atoms with E-state index in [9.17, 15) is 32.7 Å². The van der Waals surface area contributed by atoms with Gasteiger partial charge < -0.3 is 25.0 Å². The van der Waals surface area contributed by atoms with Gasteiger partial charge in [0.25, 0.3) is 5.91 Å². The highest BCUT2D eigenvalue weighted by molar-refractivity contribution is 6.08. The van der Waals surface area contributed by atoms with Gasteiger partial charge >= 0.3 is 12.1 Å². The summed E-state index contributed by atoms with van der Waals surface area (Å²) in [5.74, 6) is -0.861. The fraction of sp³-hybridized carbons (Fsp3) is 0.364. The SMILES string of the molecule is COC(=O)C1C[C@@H](O)CN1C(=O)CC1CCN(c2ccc(NC(=O)c3ccccc3-c3ccc(C(F)(F)F)cc3)cc2)CC1. The lowest BCUT2D eigenvalue weighted by Gasteiger charge is -2.34. The molecule has 2 fully saturated rings. The molecule has 11 heteroatoms. The molecule has 2 N–H and O–H groups in total. The molecule has 0 spiro atoms. The second-order valence-electron chi connectivity index (χ2n) is 11.2. The smallest absolute Gasteiger partial charge is 0.416 e. The minimum absolute atomic E-state index is 0.140. The van der Waals surface area contributed by atoms with Gasteiger partial charge in [0.15, 0.2) is 0 Å². The molecule has 3 aromatic rings. The van der Waals surface area contributed by atoms with E-state index < -0.39 is 29.9 Å². The monoisotopic (exact) mass is 609 g/mol. The van der Waals surface area contributed by atoms with Crippen LogP contribution in [-0.4, -0.2) is 66.7 Å². The van der Waals surface area contributed by atoms with Gasteiger partial charge in [-0.25, -0.2) is 4.79 Å². The zero-order valence-electron chi connectivity index (χ0n) is 24.2. The van der Waals surface area contributed by atoms with E-state index in [0.29, 0.717) is 28.8 Å². The number of aliphatic hydroxyl groups is 1. The predicted molar refractivity (Wildman–Crippen MR) is 159 cm³/mol. The molecule has 8 nitrogen and oxygen atoms in total. The Kier molecular flexibility index (Phi) is 9.24. The Morgan fingerprint density at radius 3 is 2.25 bits per heavy atom. The van der Waals surface area contributed by atoms with Crippen LogP contribution in [-0.2, 0) is 20.5 Å². The van der Waals surface area contributed by atoms with Crippen molar-refractivity contribution < 1.29 is 37.4 Å². The summed E-state index contributed by atoms with van der Waals surface area (Å²) in [6.07, 6.45) is -3.07. The second-order valence-corrected chi connectivity index (χ2v) is 11.2. The van der Waals surface area contributed by atoms with E-state index in [-0.39, 0.29) is 30.7 Å². The van der Waals surface area contributed by atoms with Crippen molar-refractivity contribution in [2.75, 3.05) is 37.0 Å². The second kappa shape index (κ2) is 13.1. The lowest BCUT2D eigenvalue weighted by molar-refractivity contribution is -0.151. The number of rotatable bonds is 7. The maximum Gasteiger partial charge on any atom is 0.416 e. The zero-order valence-corrected chi connectivity index (χ0v) is 24.2. The number of aliphatic hydroxyl groups excluding tert-OH is 1. The number of alkyl halides is 3. The Morgan fingerprint density at radius 1 is 0.955 bits per heavy atom. The van der Waals surface area contributed by atoms with E-state index in [1.54, 1.807) is 36.4 Å². The molecule has 3 aromatic carbocycles. The Hall–Kier alpha value is -4.38. The average Bonchev–Trinajstić information content (AvgIpc) is 3.43. The summed E-state index contributed by atoms with van der Waals surface area (Å²) in [5, 5.41) is 12.9. The lowest BCUT2D eigenvalue weighted by atomic mass is 9.92. The zero-order chi connectivity index (χ0) is 31.4. The van der Waals surface area contributed by atoms with Crippen LogP contribution in [0.25, 0.3) is 11.1 Å². The quantitative estimate of drug-likeness (QED) is 0.350. The van der Waals surface area contributed by atoms with Crippen LogP contribution < -0.4 is 10.2 Å². The maximum absolute atomic E-state index is 13.2. The van der Waals surface area contributed by atoms with Crippen LogP contribution in [0.1, 0.15) is 41.6 Å². The van der Waals surface area contributed by atoms with Crippen LogP contribution in [0.4, 0.5) is 24.5 Å². The van der Waals surface area contributed by atoms with E-state index in [1.165, 1.54) is 24.1 Å². The molecule has 0 radical (unpaired) electrons. The van der Waals surface area contributed by atoms with Gasteiger partial charge in [-0.2, -0.15) is 13.2 Å². The molecule has 2 amide bonds. The molecular formula is C33H34F3N3O5. The number of hydrogen-bond acceptors (Lipinski definition) is 6. The van der Waals surface area contributed by atoms with Crippen LogP contribution in [0.5, 0.6) is 0 Å². The van der Waals surface area contributed by atoms with Crippen LogP contribution in [0, 0.1) is 5.92 Å². The van der Waals surface area contributed by atoms with Crippen molar-refractivity contribution in [1.29, 1.82) is 0 Å². The molecule has 0 aromatic heterocycles. The number of halogens is 3. The minimum Gasteiger partial charge on any atom is -0.467 e. The number of amides is 2. The fourth-order valence-electron chi connectivity index (χ4n) is 5.93. The molecule has 2 saturated heterocycles. The average molecular weight is 610 g/mol. The van der Waals surface area contributed by atoms with Gasteiger partial charge in [0, 0.05) is 49.4 Å². The Bertz CT molecular complexity index is 1490. The molecule has 2 aliphatic rings. The first-order valence-electron chi connectivity index (χ1n) is 14.5. The van der Waals surface area contributed by atoms with E-state index in [1.807, 2.05) is 12.1 Å². The molecule has 1 unspecified atom stereocenters. The van der Waals surface area contributed by atoms with E-state index in [4.69, 9.17) is 4.74 Å². The summed E-state index contributed by atoms with van der Waals surface area (Å²) in [6, 6.07) is 18.2. The molecule has 0 aliphatic carbocycles. The molecule has 2 aliphatic heterocycles. The Morgan fingerprint density at radius 2 is 1.61 bits per heavy atom. The van der Waals surface area contributed by atoms with Crippen molar-refractivity contribution in [3.63, 3.8) is 0 Å². The van der Waals surface area contributed by atoms with Gasteiger partial charge in [-0.15, -0.1) is 0 Å². The summed E-state index contributed by atoms with van der Waals surface area (Å²) in [4.78, 5) is 41.8. The van der Waals surface area contributed by atoms with E-state index >= 15 is 0 Å². The number of carbonyl (C=O) groups is 3. The third-order valence-electron chi connectivity index (χ3n) is 8.34. The van der Waals surface area contributed by atoms with Gasteiger partial charge in [-0.3, -0.25) is 9.59 Å². The molecule has 5 rings (SSSR count). The first kappa shape index (κ1) is 31.1. The van der Waals surface area contributed by atoms with Crippen molar-refractivity contribution in [1.82, 2.24) is 4.90 Å². The molecule has 232 valence electrons. The highest BCUT2D eigenvalue weighted by atomic mass is 19.4. The largest absolute Gasteiger partial charge is 0.467 e. The van der Waals surface area contributed by atoms with E-state index in [2.05, 4.69) is 10.2 Å². The fourth-order valence-corrected chi connectivity index (χ4v) is 5.93. The van der Waals surface area contributed by atoms with Gasteiger partial charge in [-0.1, -0.05) is 30.3 Å². The molecule has 2 heterocycles. The van der Waals surface area contributed by atoms with Crippen molar-refractivity contribution >= 4 is 29.2 Å². The summed E-state index contributed by atoms with van der Waals surface area (Å²) in [7, 11) is 1.28. The van der Waals surface area contributed by atoms with E-state index in [0.717, 1.165) is 43.8 Å². The number of β-amino-alcohol motifs (C(OH)–C–C–N with tert-alkyl or cyclic N) is 1. The summed E-state index contributed by atoms with van der Waals surface area (Å²) in [6.45, 7) is 1.63. The number of hydrogen-bond donors (Lipinski definition) is 2. The maximum atomic E-state index is 13.2. The van der Waals surface area contributed by atoms with Crippen molar-refractivity contribution in [2.45, 2.75) is 44.0 Å². The number of likely N-dealkylation sites (tertiary alicyclic amines) is 1. The number of benzene rings is 3. The van der Waals surface area contributed by atoms with Gasteiger partial charge in [0.1, 0.15) is 6.04 Å². The number of methoxy groups -OCH3 is 1. The predicted octanol–water partition coefficient (Wildman–Crippen LogP) is 5.37. The number of anilines is 2. The van der Waals surface area contributed by atoms with Crippen molar-refractivity contribution in [2.24, 2.45) is 5.92 Å². The number of ether oxygens (including phenoxy) is 1. The molecule has 0 saturated carbocycles. The number of piperidine rings is 1. The topological polar surface area (TPSA) is 99.2 Å². The molecular weight excluding hydrogens is 575 g/mol. The number of nitrogens with zero attached hydrogens (tertiary/aromatic N) is 2.